The standard InChI is InChI=1S/C10H6Cl2F3N/c11-6-3-5-1-2-16-9(10(13,14)15)8(5)7(12)4-6/h3-4H,1-2H2. The number of fused-ring (bicyclic) bond motifs is 1. The van der Waals surface area contributed by atoms with E-state index < -0.39 is 11.9 Å². The van der Waals surface area contributed by atoms with Crippen molar-refractivity contribution in [2.24, 2.45) is 4.99 Å². The molecule has 1 aromatic rings. The van der Waals surface area contributed by atoms with Gasteiger partial charge in [-0.05, 0) is 24.1 Å². The number of hydrogen-bond acceptors (Lipinski definition) is 1. The molecule has 1 aliphatic heterocycles. The van der Waals surface area contributed by atoms with Gasteiger partial charge in [0.05, 0.1) is 5.02 Å². The van der Waals surface area contributed by atoms with Crippen LogP contribution in [0.2, 0.25) is 10.0 Å². The summed E-state index contributed by atoms with van der Waals surface area (Å²) in [5.74, 6) is 0. The van der Waals surface area contributed by atoms with Crippen LogP contribution in [0, 0.1) is 0 Å². The lowest BCUT2D eigenvalue weighted by Gasteiger charge is -2.20. The largest absolute Gasteiger partial charge is 0.433 e. The lowest BCUT2D eigenvalue weighted by atomic mass is 9.97. The minimum absolute atomic E-state index is 0.00160. The smallest absolute Gasteiger partial charge is 0.280 e. The molecule has 16 heavy (non-hydrogen) atoms. The van der Waals surface area contributed by atoms with Gasteiger partial charge in [-0.15, -0.1) is 0 Å². The third-order valence-electron chi connectivity index (χ3n) is 2.29. The fraction of sp³-hybridized carbons (Fsp3) is 0.300. The zero-order chi connectivity index (χ0) is 11.9. The molecule has 1 aliphatic rings. The molecule has 0 saturated heterocycles. The second kappa shape index (κ2) is 3.93. The molecule has 0 atom stereocenters. The fourth-order valence-corrected chi connectivity index (χ4v) is 2.31. The summed E-state index contributed by atoms with van der Waals surface area (Å²) < 4.78 is 38.0. The van der Waals surface area contributed by atoms with E-state index in [1.165, 1.54) is 12.1 Å². The Morgan fingerprint density at radius 2 is 1.88 bits per heavy atom. The first-order chi connectivity index (χ1) is 7.39. The summed E-state index contributed by atoms with van der Waals surface area (Å²) in [7, 11) is 0. The first-order valence-corrected chi connectivity index (χ1v) is 5.25. The average Bonchev–Trinajstić information content (AvgIpc) is 2.14. The molecule has 0 fully saturated rings. The van der Waals surface area contributed by atoms with E-state index in [-0.39, 0.29) is 17.1 Å². The SMILES string of the molecule is FC(F)(F)C1=NCCc2cc(Cl)cc(Cl)c21. The Bertz CT molecular complexity index is 466. The van der Waals surface area contributed by atoms with Gasteiger partial charge in [0.15, 0.2) is 0 Å². The average molecular weight is 268 g/mol. The molecular weight excluding hydrogens is 262 g/mol. The van der Waals surface area contributed by atoms with Gasteiger partial charge in [0.1, 0.15) is 5.71 Å². The second-order valence-corrected chi connectivity index (χ2v) is 4.24. The molecule has 6 heteroatoms. The van der Waals surface area contributed by atoms with Crippen molar-refractivity contribution >= 4 is 28.9 Å². The number of benzene rings is 1. The Morgan fingerprint density at radius 3 is 2.50 bits per heavy atom. The van der Waals surface area contributed by atoms with Crippen LogP contribution in [0.3, 0.4) is 0 Å². The predicted molar refractivity (Wildman–Crippen MR) is 57.6 cm³/mol. The number of nitrogens with zero attached hydrogens (tertiary/aromatic N) is 1. The van der Waals surface area contributed by atoms with Crippen LogP contribution in [-0.2, 0) is 6.42 Å². The highest BCUT2D eigenvalue weighted by Crippen LogP contribution is 2.34. The van der Waals surface area contributed by atoms with Gasteiger partial charge in [0.2, 0.25) is 0 Å². The highest BCUT2D eigenvalue weighted by Gasteiger charge is 2.40. The Labute approximate surface area is 99.9 Å². The lowest BCUT2D eigenvalue weighted by Crippen LogP contribution is -2.28. The number of halogens is 5. The lowest BCUT2D eigenvalue weighted by molar-refractivity contribution is -0.0584. The highest BCUT2D eigenvalue weighted by atomic mass is 35.5. The first-order valence-electron chi connectivity index (χ1n) is 4.49. The van der Waals surface area contributed by atoms with Crippen LogP contribution in [0.1, 0.15) is 11.1 Å². The van der Waals surface area contributed by atoms with Crippen molar-refractivity contribution in [2.45, 2.75) is 12.6 Å². The van der Waals surface area contributed by atoms with Crippen molar-refractivity contribution in [3.63, 3.8) is 0 Å². The maximum Gasteiger partial charge on any atom is 0.433 e. The molecule has 0 spiro atoms. The monoisotopic (exact) mass is 267 g/mol. The van der Waals surface area contributed by atoms with E-state index in [9.17, 15) is 13.2 Å². The van der Waals surface area contributed by atoms with Crippen molar-refractivity contribution in [1.82, 2.24) is 0 Å². The van der Waals surface area contributed by atoms with E-state index in [2.05, 4.69) is 4.99 Å². The van der Waals surface area contributed by atoms with Crippen molar-refractivity contribution < 1.29 is 13.2 Å². The minimum Gasteiger partial charge on any atom is -0.280 e. The molecule has 2 rings (SSSR count). The van der Waals surface area contributed by atoms with Crippen LogP contribution < -0.4 is 0 Å². The molecule has 1 heterocycles. The van der Waals surface area contributed by atoms with Crippen LogP contribution >= 0.6 is 23.2 Å². The van der Waals surface area contributed by atoms with E-state index in [0.717, 1.165) is 0 Å². The summed E-state index contributed by atoms with van der Waals surface area (Å²) in [4.78, 5) is 3.50. The zero-order valence-corrected chi connectivity index (χ0v) is 9.42. The molecule has 0 saturated carbocycles. The molecule has 1 nitrogen and oxygen atoms in total. The molecule has 0 radical (unpaired) electrons. The summed E-state index contributed by atoms with van der Waals surface area (Å²) in [6.07, 6.45) is -4.05. The van der Waals surface area contributed by atoms with Gasteiger partial charge >= 0.3 is 6.18 Å². The molecule has 0 bridgehead atoms. The summed E-state index contributed by atoms with van der Waals surface area (Å²) >= 11 is 11.5. The summed E-state index contributed by atoms with van der Waals surface area (Å²) in [6.45, 7) is 0.110. The first kappa shape index (κ1) is 11.7. The van der Waals surface area contributed by atoms with Gasteiger partial charge in [-0.2, -0.15) is 13.2 Å². The van der Waals surface area contributed by atoms with Gasteiger partial charge in [0.25, 0.3) is 0 Å². The van der Waals surface area contributed by atoms with E-state index in [0.29, 0.717) is 17.0 Å². The third kappa shape index (κ3) is 2.04. The topological polar surface area (TPSA) is 12.4 Å². The van der Waals surface area contributed by atoms with Crippen molar-refractivity contribution in [3.8, 4) is 0 Å². The Kier molecular flexibility index (Phi) is 2.88. The van der Waals surface area contributed by atoms with Crippen LogP contribution in [0.25, 0.3) is 0 Å². The minimum atomic E-state index is -4.48. The molecule has 0 aliphatic carbocycles. The molecule has 0 aromatic heterocycles. The third-order valence-corrected chi connectivity index (χ3v) is 2.81. The molecule has 0 unspecified atom stereocenters. The number of hydrogen-bond donors (Lipinski definition) is 0. The van der Waals surface area contributed by atoms with Gasteiger partial charge in [-0.25, -0.2) is 0 Å². The maximum absolute atomic E-state index is 12.7. The Balaban J connectivity index is 2.62. The predicted octanol–water partition coefficient (Wildman–Crippen LogP) is 3.90. The number of rotatable bonds is 0. The van der Waals surface area contributed by atoms with Crippen molar-refractivity contribution in [2.75, 3.05) is 6.54 Å². The number of alkyl halides is 3. The van der Waals surface area contributed by atoms with Crippen molar-refractivity contribution in [3.05, 3.63) is 33.3 Å². The van der Waals surface area contributed by atoms with Crippen LogP contribution in [0.5, 0.6) is 0 Å². The van der Waals surface area contributed by atoms with E-state index in [1.807, 2.05) is 0 Å². The molecule has 86 valence electrons. The van der Waals surface area contributed by atoms with E-state index in [4.69, 9.17) is 23.2 Å². The maximum atomic E-state index is 12.7. The van der Waals surface area contributed by atoms with E-state index in [1.54, 1.807) is 0 Å². The second-order valence-electron chi connectivity index (χ2n) is 3.40. The number of aliphatic imine (C=N–C) groups is 1. The van der Waals surface area contributed by atoms with Crippen LogP contribution in [-0.4, -0.2) is 18.4 Å². The van der Waals surface area contributed by atoms with Crippen molar-refractivity contribution in [1.29, 1.82) is 0 Å². The normalized spacial score (nSPS) is 15.7. The molecule has 1 aromatic carbocycles. The summed E-state index contributed by atoms with van der Waals surface area (Å²) in [6, 6.07) is 2.80. The van der Waals surface area contributed by atoms with Crippen LogP contribution in [0.15, 0.2) is 17.1 Å². The summed E-state index contributed by atoms with van der Waals surface area (Å²) in [5, 5.41) is 0.338. The molecule has 0 amide bonds. The zero-order valence-electron chi connectivity index (χ0n) is 7.91. The van der Waals surface area contributed by atoms with Gasteiger partial charge in [-0.1, -0.05) is 23.2 Å². The van der Waals surface area contributed by atoms with Gasteiger partial charge < -0.3 is 0 Å². The Morgan fingerprint density at radius 1 is 1.19 bits per heavy atom. The molecule has 0 N–H and O–H groups in total. The van der Waals surface area contributed by atoms with Crippen LogP contribution in [0.4, 0.5) is 13.2 Å². The van der Waals surface area contributed by atoms with Gasteiger partial charge in [0, 0.05) is 17.1 Å². The fourth-order valence-electron chi connectivity index (χ4n) is 1.69. The summed E-state index contributed by atoms with van der Waals surface area (Å²) in [5.41, 5.74) is -0.444. The highest BCUT2D eigenvalue weighted by molar-refractivity contribution is 6.37. The quantitative estimate of drug-likeness (QED) is 0.676. The van der Waals surface area contributed by atoms with E-state index >= 15 is 0 Å². The molecular formula is C10H6Cl2F3N. The Hall–Kier alpha value is -0.740. The van der Waals surface area contributed by atoms with Gasteiger partial charge in [-0.3, -0.25) is 4.99 Å².